The van der Waals surface area contributed by atoms with Crippen LogP contribution in [0.5, 0.6) is 0 Å². The Bertz CT molecular complexity index is 623. The second-order valence-corrected chi connectivity index (χ2v) is 6.42. The highest BCUT2D eigenvalue weighted by Gasteiger charge is 2.11. The van der Waals surface area contributed by atoms with Gasteiger partial charge in [-0.05, 0) is 45.1 Å². The average Bonchev–Trinajstić information content (AvgIpc) is 2.53. The minimum Gasteiger partial charge on any atom is -0.349 e. The maximum absolute atomic E-state index is 12.0. The topological polar surface area (TPSA) is 68.0 Å². The lowest BCUT2D eigenvalue weighted by Gasteiger charge is -2.14. The third-order valence-corrected chi connectivity index (χ3v) is 3.94. The van der Waals surface area contributed by atoms with Crippen LogP contribution in [-0.4, -0.2) is 17.4 Å². The van der Waals surface area contributed by atoms with Crippen LogP contribution in [0.2, 0.25) is 0 Å². The summed E-state index contributed by atoms with van der Waals surface area (Å²) in [5.41, 5.74) is 8.79. The van der Waals surface area contributed by atoms with Gasteiger partial charge >= 0.3 is 0 Å². The van der Waals surface area contributed by atoms with Crippen molar-refractivity contribution in [1.82, 2.24) is 10.3 Å². The molecule has 2 aromatic rings. The van der Waals surface area contributed by atoms with Crippen molar-refractivity contribution in [2.24, 2.45) is 5.73 Å². The second-order valence-electron chi connectivity index (χ2n) is 5.50. The largest absolute Gasteiger partial charge is 0.349 e. The molecule has 0 saturated carbocycles. The first-order chi connectivity index (χ1) is 10.5. The van der Waals surface area contributed by atoms with Crippen LogP contribution in [0.3, 0.4) is 0 Å². The predicted octanol–water partition coefficient (Wildman–Crippen LogP) is 3.40. The normalized spacial score (nSPS) is 12.2. The molecule has 116 valence electrons. The van der Waals surface area contributed by atoms with Crippen LogP contribution in [-0.2, 0) is 0 Å². The summed E-state index contributed by atoms with van der Waals surface area (Å²) in [7, 11) is 0. The lowest BCUT2D eigenvalue weighted by atomic mass is 9.99. The molecule has 0 aliphatic rings. The lowest BCUT2D eigenvalue weighted by molar-refractivity contribution is 0.0946. The number of aromatic nitrogens is 1. The van der Waals surface area contributed by atoms with E-state index in [1.807, 2.05) is 12.1 Å². The molecule has 1 aromatic heterocycles. The standard InChI is InChI=1S/C17H20BrN3O/c1-11(2)12-3-5-13(6-4-12)15(19)10-21-17(22)16-8-7-14(18)9-20-16/h3-9,11,15H,10,19H2,1-2H3,(H,21,22). The molecule has 2 rings (SSSR count). The fraction of sp³-hybridized carbons (Fsp3) is 0.294. The number of halogens is 1. The molecule has 0 aliphatic heterocycles. The molecule has 3 N–H and O–H groups in total. The highest BCUT2D eigenvalue weighted by Crippen LogP contribution is 2.17. The molecular weight excluding hydrogens is 342 g/mol. The Kier molecular flexibility index (Phi) is 5.69. The summed E-state index contributed by atoms with van der Waals surface area (Å²) >= 11 is 3.29. The maximum atomic E-state index is 12.0. The van der Waals surface area contributed by atoms with Crippen LogP contribution < -0.4 is 11.1 Å². The van der Waals surface area contributed by atoms with E-state index in [-0.39, 0.29) is 11.9 Å². The number of nitrogens with two attached hydrogens (primary N) is 1. The highest BCUT2D eigenvalue weighted by atomic mass is 79.9. The van der Waals surface area contributed by atoms with Gasteiger partial charge in [-0.1, -0.05) is 38.1 Å². The van der Waals surface area contributed by atoms with Gasteiger partial charge in [0.2, 0.25) is 0 Å². The zero-order chi connectivity index (χ0) is 16.1. The monoisotopic (exact) mass is 361 g/mol. The van der Waals surface area contributed by atoms with E-state index in [9.17, 15) is 4.79 Å². The van der Waals surface area contributed by atoms with Crippen LogP contribution in [0.4, 0.5) is 0 Å². The van der Waals surface area contributed by atoms with E-state index in [4.69, 9.17) is 5.73 Å². The SMILES string of the molecule is CC(C)c1ccc(C(N)CNC(=O)c2ccc(Br)cn2)cc1. The molecule has 5 heteroatoms. The Morgan fingerprint density at radius 3 is 2.36 bits per heavy atom. The van der Waals surface area contributed by atoms with Crippen molar-refractivity contribution in [2.75, 3.05) is 6.54 Å². The lowest BCUT2D eigenvalue weighted by Crippen LogP contribution is -2.32. The molecule has 1 amide bonds. The number of nitrogens with zero attached hydrogens (tertiary/aromatic N) is 1. The molecule has 1 unspecified atom stereocenters. The van der Waals surface area contributed by atoms with Gasteiger partial charge in [0.25, 0.3) is 5.91 Å². The van der Waals surface area contributed by atoms with E-state index < -0.39 is 0 Å². The van der Waals surface area contributed by atoms with Gasteiger partial charge in [-0.2, -0.15) is 0 Å². The Morgan fingerprint density at radius 2 is 1.82 bits per heavy atom. The molecule has 22 heavy (non-hydrogen) atoms. The van der Waals surface area contributed by atoms with Crippen LogP contribution in [0.1, 0.15) is 47.4 Å². The van der Waals surface area contributed by atoms with Gasteiger partial charge in [-0.3, -0.25) is 4.79 Å². The third kappa shape index (κ3) is 4.39. The van der Waals surface area contributed by atoms with E-state index in [2.05, 4.69) is 52.2 Å². The molecule has 0 aliphatic carbocycles. The Hall–Kier alpha value is -1.72. The number of carbonyl (C=O) groups is 1. The van der Waals surface area contributed by atoms with Crippen molar-refractivity contribution >= 4 is 21.8 Å². The smallest absolute Gasteiger partial charge is 0.269 e. The number of pyridine rings is 1. The molecule has 0 radical (unpaired) electrons. The number of amides is 1. The van der Waals surface area contributed by atoms with Crippen LogP contribution >= 0.6 is 15.9 Å². The van der Waals surface area contributed by atoms with Gasteiger partial charge in [-0.25, -0.2) is 4.98 Å². The van der Waals surface area contributed by atoms with Gasteiger partial charge in [0.05, 0.1) is 0 Å². The number of carbonyl (C=O) groups excluding carboxylic acids is 1. The zero-order valence-corrected chi connectivity index (χ0v) is 14.3. The first-order valence-corrected chi connectivity index (χ1v) is 8.02. The highest BCUT2D eigenvalue weighted by molar-refractivity contribution is 9.10. The van der Waals surface area contributed by atoms with Gasteiger partial charge in [0, 0.05) is 23.3 Å². The molecule has 0 bridgehead atoms. The fourth-order valence-electron chi connectivity index (χ4n) is 2.05. The Morgan fingerprint density at radius 1 is 1.18 bits per heavy atom. The quantitative estimate of drug-likeness (QED) is 0.857. The molecule has 1 heterocycles. The average molecular weight is 362 g/mol. The summed E-state index contributed by atoms with van der Waals surface area (Å²) in [6.07, 6.45) is 1.60. The number of rotatable bonds is 5. The van der Waals surface area contributed by atoms with E-state index >= 15 is 0 Å². The van der Waals surface area contributed by atoms with E-state index in [1.165, 1.54) is 5.56 Å². The fourth-order valence-corrected chi connectivity index (χ4v) is 2.28. The van der Waals surface area contributed by atoms with Gasteiger partial charge in [0.15, 0.2) is 0 Å². The number of benzene rings is 1. The molecular formula is C17H20BrN3O. The van der Waals surface area contributed by atoms with Crippen molar-refractivity contribution < 1.29 is 4.79 Å². The minimum atomic E-state index is -0.236. The third-order valence-electron chi connectivity index (χ3n) is 3.47. The van der Waals surface area contributed by atoms with Crippen molar-refractivity contribution in [1.29, 1.82) is 0 Å². The van der Waals surface area contributed by atoms with E-state index in [0.29, 0.717) is 18.2 Å². The van der Waals surface area contributed by atoms with Crippen LogP contribution in [0.15, 0.2) is 47.1 Å². The van der Waals surface area contributed by atoms with Crippen molar-refractivity contribution in [3.05, 3.63) is 63.9 Å². The predicted molar refractivity (Wildman–Crippen MR) is 91.7 cm³/mol. The van der Waals surface area contributed by atoms with Crippen LogP contribution in [0, 0.1) is 0 Å². The first kappa shape index (κ1) is 16.6. The first-order valence-electron chi connectivity index (χ1n) is 7.22. The van der Waals surface area contributed by atoms with Crippen molar-refractivity contribution in [3.63, 3.8) is 0 Å². The Balaban J connectivity index is 1.93. The zero-order valence-electron chi connectivity index (χ0n) is 12.7. The van der Waals surface area contributed by atoms with E-state index in [1.54, 1.807) is 18.3 Å². The van der Waals surface area contributed by atoms with Crippen molar-refractivity contribution in [2.45, 2.75) is 25.8 Å². The minimum absolute atomic E-state index is 0.221. The number of hydrogen-bond donors (Lipinski definition) is 2. The second kappa shape index (κ2) is 7.51. The maximum Gasteiger partial charge on any atom is 0.269 e. The summed E-state index contributed by atoms with van der Waals surface area (Å²) in [6.45, 7) is 4.68. The van der Waals surface area contributed by atoms with Gasteiger partial charge < -0.3 is 11.1 Å². The summed E-state index contributed by atoms with van der Waals surface area (Å²) in [5, 5.41) is 2.81. The summed E-state index contributed by atoms with van der Waals surface area (Å²) in [5.74, 6) is 0.273. The van der Waals surface area contributed by atoms with Gasteiger partial charge in [0.1, 0.15) is 5.69 Å². The van der Waals surface area contributed by atoms with Crippen molar-refractivity contribution in [3.8, 4) is 0 Å². The molecule has 0 spiro atoms. The number of hydrogen-bond acceptors (Lipinski definition) is 3. The number of nitrogens with one attached hydrogen (secondary N) is 1. The molecule has 0 saturated heterocycles. The summed E-state index contributed by atoms with van der Waals surface area (Å²) in [6, 6.07) is 11.4. The summed E-state index contributed by atoms with van der Waals surface area (Å²) < 4.78 is 0.839. The molecule has 0 fully saturated rings. The Labute approximate surface area is 139 Å². The van der Waals surface area contributed by atoms with Crippen LogP contribution in [0.25, 0.3) is 0 Å². The molecule has 4 nitrogen and oxygen atoms in total. The molecule has 1 aromatic carbocycles. The van der Waals surface area contributed by atoms with Gasteiger partial charge in [-0.15, -0.1) is 0 Å². The molecule has 1 atom stereocenters. The summed E-state index contributed by atoms with van der Waals surface area (Å²) in [4.78, 5) is 16.1. The van der Waals surface area contributed by atoms with E-state index in [0.717, 1.165) is 10.0 Å².